The van der Waals surface area contributed by atoms with Crippen molar-refractivity contribution in [3.63, 3.8) is 0 Å². The van der Waals surface area contributed by atoms with Crippen LogP contribution in [0.15, 0.2) is 36.4 Å². The Balaban J connectivity index is 2.31. The fraction of sp³-hybridized carbons (Fsp3) is 0.143. The number of aliphatic hydroxyl groups is 1. The Morgan fingerprint density at radius 2 is 1.68 bits per heavy atom. The average Bonchev–Trinajstić information content (AvgIpc) is 2.33. The van der Waals surface area contributed by atoms with Crippen molar-refractivity contribution in [1.82, 2.24) is 0 Å². The summed E-state index contributed by atoms with van der Waals surface area (Å²) in [7, 11) is 0. The second-order valence-corrected chi connectivity index (χ2v) is 4.91. The molecule has 0 saturated heterocycles. The second-order valence-electron chi connectivity index (χ2n) is 4.09. The average molecular weight is 303 g/mol. The van der Waals surface area contributed by atoms with Crippen LogP contribution in [-0.4, -0.2) is 5.11 Å². The molecule has 1 nitrogen and oxygen atoms in total. The van der Waals surface area contributed by atoms with E-state index in [9.17, 15) is 13.9 Å². The quantitative estimate of drug-likeness (QED) is 0.882. The molecule has 0 aliphatic carbocycles. The van der Waals surface area contributed by atoms with E-state index in [0.29, 0.717) is 5.56 Å². The molecule has 1 N–H and O–H groups in total. The minimum atomic E-state index is -1.10. The Kier molecular flexibility index (Phi) is 4.40. The van der Waals surface area contributed by atoms with Gasteiger partial charge in [0.15, 0.2) is 0 Å². The molecule has 0 aliphatic heterocycles. The Morgan fingerprint density at radius 1 is 1.05 bits per heavy atom. The van der Waals surface area contributed by atoms with Gasteiger partial charge in [0.05, 0.1) is 6.10 Å². The minimum Gasteiger partial charge on any atom is -0.388 e. The smallest absolute Gasteiger partial charge is 0.126 e. The largest absolute Gasteiger partial charge is 0.388 e. The molecule has 0 saturated carbocycles. The lowest BCUT2D eigenvalue weighted by Gasteiger charge is -2.15. The number of aliphatic hydroxyl groups excluding tert-OH is 1. The molecule has 100 valence electrons. The first-order valence-corrected chi connectivity index (χ1v) is 6.30. The Hall–Kier alpha value is -1.16. The molecule has 1 unspecified atom stereocenters. The molecule has 0 aliphatic rings. The summed E-state index contributed by atoms with van der Waals surface area (Å²) in [4.78, 5) is 0. The van der Waals surface area contributed by atoms with E-state index in [2.05, 4.69) is 0 Å². The summed E-state index contributed by atoms with van der Waals surface area (Å²) in [6, 6.07) is 7.88. The van der Waals surface area contributed by atoms with Gasteiger partial charge in [-0.3, -0.25) is 0 Å². The van der Waals surface area contributed by atoms with E-state index in [4.69, 9.17) is 23.2 Å². The normalized spacial score (nSPS) is 12.5. The molecule has 0 amide bonds. The van der Waals surface area contributed by atoms with Crippen LogP contribution in [-0.2, 0) is 6.42 Å². The minimum absolute atomic E-state index is 0.0727. The second kappa shape index (κ2) is 5.87. The van der Waals surface area contributed by atoms with Gasteiger partial charge in [0.1, 0.15) is 11.6 Å². The van der Waals surface area contributed by atoms with E-state index in [1.165, 1.54) is 0 Å². The third kappa shape index (κ3) is 3.24. The molecule has 0 fully saturated rings. The van der Waals surface area contributed by atoms with E-state index < -0.39 is 17.7 Å². The topological polar surface area (TPSA) is 20.2 Å². The molecule has 0 radical (unpaired) electrons. The third-order valence-electron chi connectivity index (χ3n) is 2.75. The lowest BCUT2D eigenvalue weighted by atomic mass is 10.0. The highest BCUT2D eigenvalue weighted by molar-refractivity contribution is 6.36. The number of halogens is 4. The molecule has 5 heteroatoms. The Morgan fingerprint density at radius 3 is 2.32 bits per heavy atom. The van der Waals surface area contributed by atoms with Crippen molar-refractivity contribution in [2.75, 3.05) is 0 Å². The highest BCUT2D eigenvalue weighted by atomic mass is 35.5. The van der Waals surface area contributed by atoms with Crippen LogP contribution in [0.4, 0.5) is 8.78 Å². The number of hydrogen-bond acceptors (Lipinski definition) is 1. The molecule has 2 aromatic rings. The predicted octanol–water partition coefficient (Wildman–Crippen LogP) is 4.55. The molecule has 0 bridgehead atoms. The van der Waals surface area contributed by atoms with E-state index in [1.54, 1.807) is 18.2 Å². The van der Waals surface area contributed by atoms with Gasteiger partial charge in [-0.2, -0.15) is 0 Å². The van der Waals surface area contributed by atoms with Crippen molar-refractivity contribution in [3.05, 3.63) is 69.2 Å². The van der Waals surface area contributed by atoms with Crippen LogP contribution in [0.2, 0.25) is 10.0 Å². The Bertz CT molecular complexity index is 582. The maximum absolute atomic E-state index is 13.5. The van der Waals surface area contributed by atoms with Crippen molar-refractivity contribution in [2.45, 2.75) is 12.5 Å². The summed E-state index contributed by atoms with van der Waals surface area (Å²) in [6.45, 7) is 0. The zero-order valence-electron chi connectivity index (χ0n) is 9.71. The summed E-state index contributed by atoms with van der Waals surface area (Å²) in [5, 5.41) is 10.7. The van der Waals surface area contributed by atoms with Crippen LogP contribution < -0.4 is 0 Å². The van der Waals surface area contributed by atoms with Crippen molar-refractivity contribution >= 4 is 23.2 Å². The monoisotopic (exact) mass is 302 g/mol. The van der Waals surface area contributed by atoms with Gasteiger partial charge in [0.2, 0.25) is 0 Å². The van der Waals surface area contributed by atoms with Crippen molar-refractivity contribution in [3.8, 4) is 0 Å². The first-order valence-electron chi connectivity index (χ1n) is 5.55. The van der Waals surface area contributed by atoms with E-state index in [0.717, 1.165) is 18.2 Å². The molecule has 0 spiro atoms. The summed E-state index contributed by atoms with van der Waals surface area (Å²) >= 11 is 11.9. The van der Waals surface area contributed by atoms with E-state index >= 15 is 0 Å². The first-order chi connectivity index (χ1) is 8.99. The van der Waals surface area contributed by atoms with E-state index in [-0.39, 0.29) is 22.0 Å². The molecule has 19 heavy (non-hydrogen) atoms. The lowest BCUT2D eigenvalue weighted by Crippen LogP contribution is -2.05. The summed E-state index contributed by atoms with van der Waals surface area (Å²) < 4.78 is 26.6. The van der Waals surface area contributed by atoms with Crippen LogP contribution in [0.1, 0.15) is 17.2 Å². The van der Waals surface area contributed by atoms with Gasteiger partial charge in [-0.15, -0.1) is 0 Å². The number of rotatable bonds is 3. The van der Waals surface area contributed by atoms with Gasteiger partial charge in [-0.05, 0) is 35.9 Å². The summed E-state index contributed by atoms with van der Waals surface area (Å²) in [6.07, 6.45) is -1.20. The van der Waals surface area contributed by atoms with Crippen LogP contribution in [0, 0.1) is 11.6 Å². The molecule has 0 heterocycles. The van der Waals surface area contributed by atoms with Crippen LogP contribution >= 0.6 is 23.2 Å². The maximum Gasteiger partial charge on any atom is 0.126 e. The summed E-state index contributed by atoms with van der Waals surface area (Å²) in [5.41, 5.74) is 0.387. The highest BCUT2D eigenvalue weighted by Crippen LogP contribution is 2.32. The van der Waals surface area contributed by atoms with Crippen LogP contribution in [0.25, 0.3) is 0 Å². The number of benzene rings is 2. The van der Waals surface area contributed by atoms with Gasteiger partial charge in [0.25, 0.3) is 0 Å². The van der Waals surface area contributed by atoms with Crippen molar-refractivity contribution in [1.29, 1.82) is 0 Å². The fourth-order valence-electron chi connectivity index (χ4n) is 1.84. The maximum atomic E-state index is 13.5. The molecule has 2 aromatic carbocycles. The molecule has 2 rings (SSSR count). The van der Waals surface area contributed by atoms with Crippen molar-refractivity contribution < 1.29 is 13.9 Å². The van der Waals surface area contributed by atoms with Gasteiger partial charge >= 0.3 is 0 Å². The first kappa shape index (κ1) is 14.3. The van der Waals surface area contributed by atoms with Crippen LogP contribution in [0.5, 0.6) is 0 Å². The third-order valence-corrected chi connectivity index (χ3v) is 3.41. The van der Waals surface area contributed by atoms with Crippen LogP contribution in [0.3, 0.4) is 0 Å². The fourth-order valence-corrected chi connectivity index (χ4v) is 2.49. The van der Waals surface area contributed by atoms with Gasteiger partial charge in [0, 0.05) is 22.0 Å². The molecule has 1 atom stereocenters. The van der Waals surface area contributed by atoms with Gasteiger partial charge in [-0.1, -0.05) is 29.3 Å². The van der Waals surface area contributed by atoms with Gasteiger partial charge < -0.3 is 5.11 Å². The zero-order chi connectivity index (χ0) is 14.0. The standard InChI is InChI=1S/C14H10Cl2F2O/c15-10-2-1-3-11(16)14(10)13(19)7-8-6-9(17)4-5-12(8)18/h1-6,13,19H,7H2. The van der Waals surface area contributed by atoms with E-state index in [1.807, 2.05) is 0 Å². The predicted molar refractivity (Wildman–Crippen MR) is 71.5 cm³/mol. The highest BCUT2D eigenvalue weighted by Gasteiger charge is 2.17. The molecular formula is C14H10Cl2F2O. The summed E-state index contributed by atoms with van der Waals surface area (Å²) in [5.74, 6) is -1.14. The molecular weight excluding hydrogens is 293 g/mol. The SMILES string of the molecule is OC(Cc1cc(F)ccc1F)c1c(Cl)cccc1Cl. The number of hydrogen-bond donors (Lipinski definition) is 1. The van der Waals surface area contributed by atoms with Gasteiger partial charge in [-0.25, -0.2) is 8.78 Å². The lowest BCUT2D eigenvalue weighted by molar-refractivity contribution is 0.177. The molecule has 0 aromatic heterocycles. The Labute approximate surface area is 119 Å². The van der Waals surface area contributed by atoms with Crippen molar-refractivity contribution in [2.24, 2.45) is 0 Å². The zero-order valence-corrected chi connectivity index (χ0v) is 11.2.